The molecule has 0 heterocycles. The van der Waals surface area contributed by atoms with Crippen molar-refractivity contribution in [2.75, 3.05) is 10.0 Å². The van der Waals surface area contributed by atoms with E-state index in [1.54, 1.807) is 31.2 Å². The number of carbonyl (C=O) groups excluding carboxylic acids is 1. The summed E-state index contributed by atoms with van der Waals surface area (Å²) in [5, 5.41) is 2.93. The summed E-state index contributed by atoms with van der Waals surface area (Å²) in [7, 11) is -3.86. The average molecular weight is 437 g/mol. The SMILES string of the molecule is Cc1cc(C)cc(NS(=O)(=O)c2cc(C(=O)Nc3c(C)cc(C)cc3C)ccc2C)c1. The molecule has 31 heavy (non-hydrogen) atoms. The standard InChI is InChI=1S/C25H28N2O3S/c1-15-9-16(2)13-22(12-15)27-31(29,30)23-14-21(8-7-18(23)4)25(28)26-24-19(5)10-17(3)11-20(24)6/h7-14,27H,1-6H3,(H,26,28). The Labute approximate surface area is 184 Å². The maximum atomic E-state index is 13.1. The van der Waals surface area contributed by atoms with Crippen LogP contribution in [-0.2, 0) is 10.0 Å². The van der Waals surface area contributed by atoms with Crippen LogP contribution in [0.25, 0.3) is 0 Å². The number of aryl methyl sites for hydroxylation is 6. The summed E-state index contributed by atoms with van der Waals surface area (Å²) in [6.45, 7) is 11.4. The van der Waals surface area contributed by atoms with Crippen LogP contribution in [0, 0.1) is 41.5 Å². The van der Waals surface area contributed by atoms with Crippen LogP contribution >= 0.6 is 0 Å². The third kappa shape index (κ3) is 5.14. The van der Waals surface area contributed by atoms with Gasteiger partial charge >= 0.3 is 0 Å². The zero-order valence-corrected chi connectivity index (χ0v) is 19.6. The smallest absolute Gasteiger partial charge is 0.262 e. The molecule has 0 saturated carbocycles. The van der Waals surface area contributed by atoms with Gasteiger partial charge in [0.2, 0.25) is 0 Å². The van der Waals surface area contributed by atoms with Gasteiger partial charge in [0.15, 0.2) is 0 Å². The predicted molar refractivity (Wildman–Crippen MR) is 127 cm³/mol. The topological polar surface area (TPSA) is 75.3 Å². The molecule has 0 fully saturated rings. The summed E-state index contributed by atoms with van der Waals surface area (Å²) >= 11 is 0. The first kappa shape index (κ1) is 22.6. The molecule has 1 amide bonds. The molecule has 0 aliphatic carbocycles. The molecule has 0 atom stereocenters. The molecule has 3 rings (SSSR count). The Morgan fingerprint density at radius 3 is 1.84 bits per heavy atom. The second-order valence-corrected chi connectivity index (χ2v) is 9.84. The number of nitrogens with one attached hydrogen (secondary N) is 2. The van der Waals surface area contributed by atoms with E-state index >= 15 is 0 Å². The van der Waals surface area contributed by atoms with Gasteiger partial charge in [0.25, 0.3) is 15.9 Å². The van der Waals surface area contributed by atoms with Gasteiger partial charge in [-0.1, -0.05) is 29.8 Å². The number of carbonyl (C=O) groups is 1. The molecule has 5 nitrogen and oxygen atoms in total. The fraction of sp³-hybridized carbons (Fsp3) is 0.240. The molecule has 0 aliphatic rings. The highest BCUT2D eigenvalue weighted by molar-refractivity contribution is 7.92. The van der Waals surface area contributed by atoms with Crippen LogP contribution in [0.3, 0.4) is 0 Å². The van der Waals surface area contributed by atoms with Gasteiger partial charge in [0, 0.05) is 16.9 Å². The molecule has 0 bridgehead atoms. The lowest BCUT2D eigenvalue weighted by molar-refractivity contribution is 0.102. The lowest BCUT2D eigenvalue weighted by atomic mass is 10.0. The Hall–Kier alpha value is -3.12. The maximum Gasteiger partial charge on any atom is 0.262 e. The van der Waals surface area contributed by atoms with Crippen LogP contribution in [0.2, 0.25) is 0 Å². The molecule has 0 aliphatic heterocycles. The van der Waals surface area contributed by atoms with Gasteiger partial charge in [-0.3, -0.25) is 9.52 Å². The van der Waals surface area contributed by atoms with Crippen molar-refractivity contribution in [1.29, 1.82) is 0 Å². The minimum absolute atomic E-state index is 0.0802. The first-order valence-corrected chi connectivity index (χ1v) is 11.6. The number of anilines is 2. The van der Waals surface area contributed by atoms with E-state index in [1.807, 2.05) is 52.8 Å². The van der Waals surface area contributed by atoms with E-state index in [4.69, 9.17) is 0 Å². The van der Waals surface area contributed by atoms with Gasteiger partial charge in [0.1, 0.15) is 0 Å². The van der Waals surface area contributed by atoms with E-state index in [1.165, 1.54) is 6.07 Å². The number of rotatable bonds is 5. The first-order chi connectivity index (χ1) is 14.5. The Bertz CT molecular complexity index is 1230. The summed E-state index contributed by atoms with van der Waals surface area (Å²) in [5.41, 5.74) is 7.06. The molecule has 2 N–H and O–H groups in total. The van der Waals surface area contributed by atoms with E-state index in [2.05, 4.69) is 10.0 Å². The summed E-state index contributed by atoms with van der Waals surface area (Å²) in [6, 6.07) is 14.2. The molecule has 162 valence electrons. The Kier molecular flexibility index (Phi) is 6.23. The second kappa shape index (κ2) is 8.55. The molecule has 0 saturated heterocycles. The molecule has 0 spiro atoms. The van der Waals surface area contributed by atoms with Crippen LogP contribution in [0.5, 0.6) is 0 Å². The Balaban J connectivity index is 1.93. The molecule has 0 aromatic heterocycles. The highest BCUT2D eigenvalue weighted by atomic mass is 32.2. The summed E-state index contributed by atoms with van der Waals surface area (Å²) in [5.74, 6) is -0.349. The highest BCUT2D eigenvalue weighted by Gasteiger charge is 2.20. The highest BCUT2D eigenvalue weighted by Crippen LogP contribution is 2.25. The van der Waals surface area contributed by atoms with Crippen molar-refractivity contribution in [3.63, 3.8) is 0 Å². The van der Waals surface area contributed by atoms with E-state index in [0.29, 0.717) is 11.3 Å². The summed E-state index contributed by atoms with van der Waals surface area (Å²) in [6.07, 6.45) is 0. The predicted octanol–water partition coefficient (Wildman–Crippen LogP) is 5.59. The number of sulfonamides is 1. The summed E-state index contributed by atoms with van der Waals surface area (Å²) < 4.78 is 28.8. The van der Waals surface area contributed by atoms with Gasteiger partial charge < -0.3 is 5.32 Å². The van der Waals surface area contributed by atoms with Gasteiger partial charge in [-0.25, -0.2) is 8.42 Å². The fourth-order valence-corrected chi connectivity index (χ4v) is 5.15. The lowest BCUT2D eigenvalue weighted by Gasteiger charge is -2.15. The van der Waals surface area contributed by atoms with E-state index < -0.39 is 10.0 Å². The molecular formula is C25H28N2O3S. The normalized spacial score (nSPS) is 11.3. The van der Waals surface area contributed by atoms with Gasteiger partial charge in [-0.15, -0.1) is 0 Å². The molecule has 0 radical (unpaired) electrons. The van der Waals surface area contributed by atoms with Crippen molar-refractivity contribution in [3.8, 4) is 0 Å². The number of amides is 1. The molecular weight excluding hydrogens is 408 g/mol. The van der Waals surface area contributed by atoms with Crippen LogP contribution < -0.4 is 10.0 Å². The third-order valence-corrected chi connectivity index (χ3v) is 6.65. The van der Waals surface area contributed by atoms with Gasteiger partial charge in [-0.05, 0) is 93.6 Å². The Morgan fingerprint density at radius 1 is 0.710 bits per heavy atom. The minimum atomic E-state index is -3.86. The number of hydrogen-bond acceptors (Lipinski definition) is 3. The Morgan fingerprint density at radius 2 is 1.26 bits per heavy atom. The molecule has 6 heteroatoms. The largest absolute Gasteiger partial charge is 0.322 e. The van der Waals surface area contributed by atoms with Crippen molar-refractivity contribution in [3.05, 3.63) is 87.5 Å². The van der Waals surface area contributed by atoms with Crippen molar-refractivity contribution in [1.82, 2.24) is 0 Å². The van der Waals surface area contributed by atoms with E-state index in [9.17, 15) is 13.2 Å². The fourth-order valence-electron chi connectivity index (χ4n) is 3.84. The number of hydrogen-bond donors (Lipinski definition) is 2. The third-order valence-electron chi connectivity index (χ3n) is 5.13. The van der Waals surface area contributed by atoms with Gasteiger partial charge in [0.05, 0.1) is 4.90 Å². The first-order valence-electron chi connectivity index (χ1n) is 10.1. The van der Waals surface area contributed by atoms with Crippen LogP contribution in [0.4, 0.5) is 11.4 Å². The molecule has 3 aromatic carbocycles. The molecule has 0 unspecified atom stereocenters. The van der Waals surface area contributed by atoms with Crippen LogP contribution in [0.1, 0.15) is 43.7 Å². The van der Waals surface area contributed by atoms with Gasteiger partial charge in [-0.2, -0.15) is 0 Å². The van der Waals surface area contributed by atoms with E-state index in [0.717, 1.165) is 33.5 Å². The monoisotopic (exact) mass is 436 g/mol. The maximum absolute atomic E-state index is 13.1. The van der Waals surface area contributed by atoms with Crippen LogP contribution in [0.15, 0.2) is 53.4 Å². The second-order valence-electron chi connectivity index (χ2n) is 8.19. The zero-order valence-electron chi connectivity index (χ0n) is 18.8. The summed E-state index contributed by atoms with van der Waals surface area (Å²) in [4.78, 5) is 13.0. The quantitative estimate of drug-likeness (QED) is 0.547. The van der Waals surface area contributed by atoms with Crippen molar-refractivity contribution in [2.45, 2.75) is 46.4 Å². The van der Waals surface area contributed by atoms with Crippen molar-refractivity contribution in [2.24, 2.45) is 0 Å². The molecule has 3 aromatic rings. The lowest BCUT2D eigenvalue weighted by Crippen LogP contribution is -2.18. The van der Waals surface area contributed by atoms with E-state index in [-0.39, 0.29) is 16.4 Å². The minimum Gasteiger partial charge on any atom is -0.322 e. The number of benzene rings is 3. The van der Waals surface area contributed by atoms with Crippen molar-refractivity contribution >= 4 is 27.3 Å². The van der Waals surface area contributed by atoms with Crippen LogP contribution in [-0.4, -0.2) is 14.3 Å². The van der Waals surface area contributed by atoms with Crippen molar-refractivity contribution < 1.29 is 13.2 Å². The average Bonchev–Trinajstić information content (AvgIpc) is 2.63. The zero-order chi connectivity index (χ0) is 22.9.